The van der Waals surface area contributed by atoms with Crippen LogP contribution in [-0.2, 0) is 4.79 Å². The fraction of sp³-hybridized carbons (Fsp3) is 0.857. The number of carbonyl (C=O) groups excluding carboxylic acids is 1. The molecule has 6 N–H and O–H groups in total. The Balaban J connectivity index is 4.25. The van der Waals surface area contributed by atoms with Crippen molar-refractivity contribution in [3.05, 3.63) is 0 Å². The van der Waals surface area contributed by atoms with Crippen LogP contribution in [0.4, 0.5) is 0 Å². The van der Waals surface area contributed by atoms with Gasteiger partial charge < -0.3 is 26.2 Å². The Kier molecular flexibility index (Phi) is 5.04. The van der Waals surface area contributed by atoms with E-state index >= 15 is 0 Å². The molecule has 0 aromatic heterocycles. The monoisotopic (exact) mass is 193 g/mol. The molecule has 0 aliphatic carbocycles. The third-order valence-electron chi connectivity index (χ3n) is 1.63. The third kappa shape index (κ3) is 3.37. The average Bonchev–Trinajstić information content (AvgIpc) is 2.12. The van der Waals surface area contributed by atoms with E-state index in [4.69, 9.17) is 26.2 Å². The molecule has 13 heavy (non-hydrogen) atoms. The van der Waals surface area contributed by atoms with Crippen LogP contribution in [-0.4, -0.2) is 57.2 Å². The van der Waals surface area contributed by atoms with Gasteiger partial charge in [0, 0.05) is 6.04 Å². The molecule has 0 aliphatic rings. The van der Waals surface area contributed by atoms with Crippen LogP contribution in [0.5, 0.6) is 0 Å². The van der Waals surface area contributed by atoms with Crippen molar-refractivity contribution in [2.45, 2.75) is 31.3 Å². The number of aliphatic hydroxyl groups is 4. The highest BCUT2D eigenvalue weighted by Crippen LogP contribution is 2.01. The maximum absolute atomic E-state index is 11.0. The lowest BCUT2D eigenvalue weighted by molar-refractivity contribution is -0.143. The quantitative estimate of drug-likeness (QED) is 0.316. The molecule has 0 heterocycles. The Morgan fingerprint density at radius 1 is 1.31 bits per heavy atom. The summed E-state index contributed by atoms with van der Waals surface area (Å²) >= 11 is 0. The summed E-state index contributed by atoms with van der Waals surface area (Å²) in [4.78, 5) is 11.0. The van der Waals surface area contributed by atoms with Crippen LogP contribution < -0.4 is 5.73 Å². The number of rotatable bonds is 5. The molecule has 1 unspecified atom stereocenters. The standard InChI is InChI=1S/C7H15NO5/c1-3(8)5(11)7(13)6(12)4(10)2-9/h3-6,9-12H,2,8H2,1H3/t3?,4-,5+,6+/m0/s1. The van der Waals surface area contributed by atoms with Gasteiger partial charge in [-0.1, -0.05) is 0 Å². The van der Waals surface area contributed by atoms with Gasteiger partial charge in [-0.05, 0) is 6.92 Å². The van der Waals surface area contributed by atoms with Crippen molar-refractivity contribution in [2.75, 3.05) is 6.61 Å². The van der Waals surface area contributed by atoms with E-state index in [1.807, 2.05) is 0 Å². The Labute approximate surface area is 75.6 Å². The van der Waals surface area contributed by atoms with Gasteiger partial charge in [-0.15, -0.1) is 0 Å². The minimum absolute atomic E-state index is 0.751. The molecule has 0 aromatic rings. The SMILES string of the molecule is CC(N)[C@@H](O)C(=O)[C@H](O)[C@@H](O)CO. The van der Waals surface area contributed by atoms with Crippen LogP contribution in [0.25, 0.3) is 0 Å². The molecular formula is C7H15NO5. The highest BCUT2D eigenvalue weighted by molar-refractivity contribution is 5.88. The summed E-state index contributed by atoms with van der Waals surface area (Å²) < 4.78 is 0. The van der Waals surface area contributed by atoms with Crippen LogP contribution in [0.3, 0.4) is 0 Å². The van der Waals surface area contributed by atoms with Crippen LogP contribution >= 0.6 is 0 Å². The maximum atomic E-state index is 11.0. The number of carbonyl (C=O) groups is 1. The predicted molar refractivity (Wildman–Crippen MR) is 43.8 cm³/mol. The zero-order chi connectivity index (χ0) is 10.6. The van der Waals surface area contributed by atoms with Crippen LogP contribution in [0.15, 0.2) is 0 Å². The number of aliphatic hydroxyl groups excluding tert-OH is 4. The third-order valence-corrected chi connectivity index (χ3v) is 1.63. The zero-order valence-electron chi connectivity index (χ0n) is 7.29. The molecule has 0 aliphatic heterocycles. The normalized spacial score (nSPS) is 20.5. The molecule has 0 rings (SSSR count). The summed E-state index contributed by atoms with van der Waals surface area (Å²) in [5.74, 6) is -0.989. The smallest absolute Gasteiger partial charge is 0.193 e. The number of ketones is 1. The molecule has 4 atom stereocenters. The summed E-state index contributed by atoms with van der Waals surface area (Å²) in [5, 5.41) is 35.4. The summed E-state index contributed by atoms with van der Waals surface area (Å²) in [6, 6.07) is -0.826. The molecule has 6 nitrogen and oxygen atoms in total. The summed E-state index contributed by atoms with van der Waals surface area (Å²) in [5.41, 5.74) is 5.19. The van der Waals surface area contributed by atoms with Gasteiger partial charge in [-0.3, -0.25) is 4.79 Å². The number of hydrogen-bond donors (Lipinski definition) is 5. The first-order chi connectivity index (χ1) is 5.91. The lowest BCUT2D eigenvalue weighted by Crippen LogP contribution is -2.48. The van der Waals surface area contributed by atoms with E-state index in [1.54, 1.807) is 0 Å². The zero-order valence-corrected chi connectivity index (χ0v) is 7.29. The molecule has 0 saturated carbocycles. The first-order valence-corrected chi connectivity index (χ1v) is 3.86. The largest absolute Gasteiger partial charge is 0.394 e. The fourth-order valence-corrected chi connectivity index (χ4v) is 0.724. The van der Waals surface area contributed by atoms with E-state index in [0.717, 1.165) is 0 Å². The van der Waals surface area contributed by atoms with Crippen molar-refractivity contribution in [1.82, 2.24) is 0 Å². The van der Waals surface area contributed by atoms with Gasteiger partial charge in [0.05, 0.1) is 6.61 Å². The predicted octanol–water partition coefficient (Wildman–Crippen LogP) is -3.02. The minimum Gasteiger partial charge on any atom is -0.394 e. The number of hydrogen-bond acceptors (Lipinski definition) is 6. The van der Waals surface area contributed by atoms with Crippen LogP contribution in [0, 0.1) is 0 Å². The van der Waals surface area contributed by atoms with E-state index in [1.165, 1.54) is 6.92 Å². The lowest BCUT2D eigenvalue weighted by Gasteiger charge is -2.19. The first kappa shape index (κ1) is 12.5. The second-order valence-electron chi connectivity index (χ2n) is 2.90. The average molecular weight is 193 g/mol. The lowest BCUT2D eigenvalue weighted by atomic mass is 10.0. The molecule has 6 heteroatoms. The molecule has 0 amide bonds. The Morgan fingerprint density at radius 3 is 2.08 bits per heavy atom. The second-order valence-corrected chi connectivity index (χ2v) is 2.90. The molecular weight excluding hydrogens is 178 g/mol. The van der Waals surface area contributed by atoms with Crippen molar-refractivity contribution in [2.24, 2.45) is 5.73 Å². The van der Waals surface area contributed by atoms with Crippen molar-refractivity contribution < 1.29 is 25.2 Å². The van der Waals surface area contributed by atoms with Crippen molar-refractivity contribution >= 4 is 5.78 Å². The molecule has 0 bridgehead atoms. The van der Waals surface area contributed by atoms with E-state index in [0.29, 0.717) is 0 Å². The fourth-order valence-electron chi connectivity index (χ4n) is 0.724. The van der Waals surface area contributed by atoms with Crippen molar-refractivity contribution in [3.63, 3.8) is 0 Å². The van der Waals surface area contributed by atoms with E-state index in [2.05, 4.69) is 0 Å². The highest BCUT2D eigenvalue weighted by atomic mass is 16.4. The molecule has 0 spiro atoms. The molecule has 0 saturated heterocycles. The van der Waals surface area contributed by atoms with Gasteiger partial charge in [-0.25, -0.2) is 0 Å². The minimum atomic E-state index is -1.80. The first-order valence-electron chi connectivity index (χ1n) is 3.86. The van der Waals surface area contributed by atoms with Gasteiger partial charge in [0.1, 0.15) is 18.3 Å². The van der Waals surface area contributed by atoms with E-state index in [9.17, 15) is 4.79 Å². The summed E-state index contributed by atoms with van der Waals surface area (Å²) in [6.07, 6.45) is -4.91. The second kappa shape index (κ2) is 5.25. The van der Waals surface area contributed by atoms with Crippen LogP contribution in [0.2, 0.25) is 0 Å². The van der Waals surface area contributed by atoms with Crippen LogP contribution in [0.1, 0.15) is 6.92 Å². The summed E-state index contributed by atoms with van der Waals surface area (Å²) in [6.45, 7) is 0.638. The Morgan fingerprint density at radius 2 is 1.77 bits per heavy atom. The van der Waals surface area contributed by atoms with Gasteiger partial charge in [-0.2, -0.15) is 0 Å². The topological polar surface area (TPSA) is 124 Å². The maximum Gasteiger partial charge on any atom is 0.193 e. The molecule has 0 fully saturated rings. The van der Waals surface area contributed by atoms with Gasteiger partial charge in [0.15, 0.2) is 5.78 Å². The number of Topliss-reactive ketones (excluding diaryl/α,β-unsaturated/α-hetero) is 1. The molecule has 78 valence electrons. The molecule has 0 aromatic carbocycles. The van der Waals surface area contributed by atoms with Gasteiger partial charge in [0.2, 0.25) is 0 Å². The Bertz CT molecular complexity index is 172. The van der Waals surface area contributed by atoms with Gasteiger partial charge in [0.25, 0.3) is 0 Å². The van der Waals surface area contributed by atoms with Gasteiger partial charge >= 0.3 is 0 Å². The number of nitrogens with two attached hydrogens (primary N) is 1. The van der Waals surface area contributed by atoms with Crippen molar-refractivity contribution in [3.8, 4) is 0 Å². The van der Waals surface area contributed by atoms with E-state index < -0.39 is 36.7 Å². The Hall–Kier alpha value is -0.530. The highest BCUT2D eigenvalue weighted by Gasteiger charge is 2.30. The summed E-state index contributed by atoms with van der Waals surface area (Å²) in [7, 11) is 0. The van der Waals surface area contributed by atoms with E-state index in [-0.39, 0.29) is 0 Å². The molecule has 0 radical (unpaired) electrons. The van der Waals surface area contributed by atoms with Crippen molar-refractivity contribution in [1.29, 1.82) is 0 Å².